The Labute approximate surface area is 159 Å². The Morgan fingerprint density at radius 3 is 2.52 bits per heavy atom. The van der Waals surface area contributed by atoms with E-state index in [1.54, 1.807) is 31.5 Å². The number of fused-ring (bicyclic) bond motifs is 4. The van der Waals surface area contributed by atoms with Crippen LogP contribution in [-0.2, 0) is 0 Å². The molecule has 1 aromatic carbocycles. The number of carbonyl (C=O) groups is 2. The summed E-state index contributed by atoms with van der Waals surface area (Å²) in [7, 11) is 3.56. The molecule has 142 valence electrons. The van der Waals surface area contributed by atoms with Crippen LogP contribution < -0.4 is 0 Å². The van der Waals surface area contributed by atoms with E-state index in [4.69, 9.17) is 0 Å². The molecule has 1 aromatic heterocycles. The van der Waals surface area contributed by atoms with Crippen LogP contribution in [0.5, 0.6) is 0 Å². The molecule has 7 heteroatoms. The summed E-state index contributed by atoms with van der Waals surface area (Å²) in [6.45, 7) is 2.08. The van der Waals surface area contributed by atoms with Crippen molar-refractivity contribution in [2.24, 2.45) is 5.92 Å². The largest absolute Gasteiger partial charge is 0.334 e. The fourth-order valence-electron chi connectivity index (χ4n) is 4.12. The van der Waals surface area contributed by atoms with Gasteiger partial charge in [0.2, 0.25) is 0 Å². The number of imidazole rings is 1. The average molecular weight is 367 g/mol. The fraction of sp³-hybridized carbons (Fsp3) is 0.450. The molecule has 7 nitrogen and oxygen atoms in total. The van der Waals surface area contributed by atoms with Gasteiger partial charge in [0, 0.05) is 63.4 Å². The summed E-state index contributed by atoms with van der Waals surface area (Å²) in [5.41, 5.74) is 1.67. The van der Waals surface area contributed by atoms with Crippen molar-refractivity contribution >= 4 is 11.9 Å². The molecule has 27 heavy (non-hydrogen) atoms. The molecule has 0 spiro atoms. The van der Waals surface area contributed by atoms with Gasteiger partial charge in [-0.3, -0.25) is 4.79 Å². The summed E-state index contributed by atoms with van der Waals surface area (Å²) in [4.78, 5) is 35.1. The number of piperidine rings is 1. The van der Waals surface area contributed by atoms with Gasteiger partial charge in [0.1, 0.15) is 0 Å². The van der Waals surface area contributed by atoms with Gasteiger partial charge in [-0.25, -0.2) is 9.78 Å². The van der Waals surface area contributed by atoms with Crippen molar-refractivity contribution in [2.75, 3.05) is 33.7 Å². The van der Waals surface area contributed by atoms with Crippen LogP contribution in [0.25, 0.3) is 5.69 Å². The first-order chi connectivity index (χ1) is 13.0. The maximum Gasteiger partial charge on any atom is 0.319 e. The monoisotopic (exact) mass is 367 g/mol. The van der Waals surface area contributed by atoms with Crippen LogP contribution in [0.1, 0.15) is 23.2 Å². The molecule has 3 saturated heterocycles. The van der Waals surface area contributed by atoms with E-state index >= 15 is 0 Å². The first-order valence-electron chi connectivity index (χ1n) is 9.38. The molecule has 0 aliphatic carbocycles. The van der Waals surface area contributed by atoms with Gasteiger partial charge >= 0.3 is 6.03 Å². The summed E-state index contributed by atoms with van der Waals surface area (Å²) >= 11 is 0. The first kappa shape index (κ1) is 17.6. The molecule has 2 atom stereocenters. The summed E-state index contributed by atoms with van der Waals surface area (Å²) in [6.07, 6.45) is 7.38. The standard InChI is InChI=1S/C20H25N5O2/c1-22(2)20(27)24-11-15-3-6-18(13-24)25(12-15)19(26)16-4-7-17(8-5-16)23-10-9-21-14-23/h4-5,7-10,14-15,18H,3,6,11-13H2,1-2H3/t15-,18+/m1/s1. The Morgan fingerprint density at radius 1 is 1.07 bits per heavy atom. The van der Waals surface area contributed by atoms with Crippen LogP contribution in [0.4, 0.5) is 4.79 Å². The van der Waals surface area contributed by atoms with Crippen LogP contribution in [0.3, 0.4) is 0 Å². The highest BCUT2D eigenvalue weighted by atomic mass is 16.2. The zero-order chi connectivity index (χ0) is 19.0. The van der Waals surface area contributed by atoms with Crippen LogP contribution in [-0.4, -0.2) is 76.0 Å². The molecule has 0 radical (unpaired) electrons. The Hall–Kier alpha value is -2.83. The van der Waals surface area contributed by atoms with Crippen molar-refractivity contribution in [1.82, 2.24) is 24.3 Å². The summed E-state index contributed by atoms with van der Waals surface area (Å²) in [5.74, 6) is 0.405. The van der Waals surface area contributed by atoms with E-state index in [-0.39, 0.29) is 18.0 Å². The topological polar surface area (TPSA) is 61.7 Å². The molecule has 3 fully saturated rings. The lowest BCUT2D eigenvalue weighted by atomic mass is 9.94. The van der Waals surface area contributed by atoms with Crippen LogP contribution in [0.2, 0.25) is 0 Å². The normalized spacial score (nSPS) is 21.9. The number of rotatable bonds is 2. The molecule has 3 aliphatic rings. The lowest BCUT2D eigenvalue weighted by Gasteiger charge is -2.36. The number of benzene rings is 1. The number of aromatic nitrogens is 2. The lowest BCUT2D eigenvalue weighted by Crippen LogP contribution is -2.48. The van der Waals surface area contributed by atoms with Crippen LogP contribution in [0, 0.1) is 5.92 Å². The smallest absolute Gasteiger partial charge is 0.319 e. The van der Waals surface area contributed by atoms with Gasteiger partial charge in [-0.05, 0) is 43.0 Å². The number of carbonyl (C=O) groups excluding carboxylic acids is 2. The van der Waals surface area contributed by atoms with E-state index < -0.39 is 0 Å². The zero-order valence-electron chi connectivity index (χ0n) is 15.8. The van der Waals surface area contributed by atoms with E-state index in [0.29, 0.717) is 18.0 Å². The van der Waals surface area contributed by atoms with Gasteiger partial charge in [-0.15, -0.1) is 0 Å². The molecule has 2 bridgehead atoms. The third kappa shape index (κ3) is 3.41. The SMILES string of the molecule is CN(C)C(=O)N1C[C@H]2CC[C@@H](C1)N(C(=O)c1ccc(-n3ccnc3)cc1)C2. The molecule has 5 rings (SSSR count). The minimum Gasteiger partial charge on any atom is -0.334 e. The highest BCUT2D eigenvalue weighted by Crippen LogP contribution is 2.29. The Morgan fingerprint density at radius 2 is 1.85 bits per heavy atom. The van der Waals surface area contributed by atoms with E-state index in [2.05, 4.69) is 4.98 Å². The van der Waals surface area contributed by atoms with E-state index in [1.807, 2.05) is 44.8 Å². The van der Waals surface area contributed by atoms with Crippen molar-refractivity contribution < 1.29 is 9.59 Å². The highest BCUT2D eigenvalue weighted by Gasteiger charge is 2.39. The maximum atomic E-state index is 13.1. The minimum atomic E-state index is 0.0332. The Bertz CT molecular complexity index is 815. The van der Waals surface area contributed by atoms with Gasteiger partial charge < -0.3 is 19.3 Å². The zero-order valence-corrected chi connectivity index (χ0v) is 15.8. The van der Waals surface area contributed by atoms with Crippen molar-refractivity contribution in [2.45, 2.75) is 18.9 Å². The number of amides is 3. The van der Waals surface area contributed by atoms with Gasteiger partial charge in [0.25, 0.3) is 5.91 Å². The number of urea groups is 1. The predicted octanol–water partition coefficient (Wildman–Crippen LogP) is 2.09. The van der Waals surface area contributed by atoms with Crippen molar-refractivity contribution in [1.29, 1.82) is 0 Å². The molecule has 3 amide bonds. The molecule has 0 N–H and O–H groups in total. The van der Waals surface area contributed by atoms with Gasteiger partial charge in [-0.1, -0.05) is 0 Å². The average Bonchev–Trinajstić information content (AvgIpc) is 3.07. The second-order valence-electron chi connectivity index (χ2n) is 7.65. The number of hydrogen-bond donors (Lipinski definition) is 0. The third-order valence-corrected chi connectivity index (χ3v) is 5.54. The molecular formula is C20H25N5O2. The van der Waals surface area contributed by atoms with Crippen LogP contribution >= 0.6 is 0 Å². The molecule has 0 saturated carbocycles. The summed E-state index contributed by atoms with van der Waals surface area (Å²) < 4.78 is 1.91. The number of hydrogen-bond acceptors (Lipinski definition) is 3. The minimum absolute atomic E-state index is 0.0332. The maximum absolute atomic E-state index is 13.1. The Balaban J connectivity index is 1.51. The second-order valence-corrected chi connectivity index (χ2v) is 7.65. The summed E-state index contributed by atoms with van der Waals surface area (Å²) in [6, 6.07) is 7.75. The van der Waals surface area contributed by atoms with Gasteiger partial charge in [-0.2, -0.15) is 0 Å². The first-order valence-corrected chi connectivity index (χ1v) is 9.38. The van der Waals surface area contributed by atoms with E-state index in [9.17, 15) is 9.59 Å². The number of nitrogens with zero attached hydrogens (tertiary/aromatic N) is 5. The molecule has 2 aromatic rings. The van der Waals surface area contributed by atoms with Crippen molar-refractivity contribution in [3.05, 3.63) is 48.5 Å². The van der Waals surface area contributed by atoms with Crippen molar-refractivity contribution in [3.8, 4) is 5.69 Å². The van der Waals surface area contributed by atoms with E-state index in [0.717, 1.165) is 31.6 Å². The van der Waals surface area contributed by atoms with Crippen molar-refractivity contribution in [3.63, 3.8) is 0 Å². The third-order valence-electron chi connectivity index (χ3n) is 5.54. The Kier molecular flexibility index (Phi) is 4.59. The fourth-order valence-corrected chi connectivity index (χ4v) is 4.12. The summed E-state index contributed by atoms with van der Waals surface area (Å²) in [5, 5.41) is 0. The van der Waals surface area contributed by atoms with Gasteiger partial charge in [0.15, 0.2) is 0 Å². The predicted molar refractivity (Wildman–Crippen MR) is 102 cm³/mol. The van der Waals surface area contributed by atoms with Gasteiger partial charge in [0.05, 0.1) is 6.33 Å². The highest BCUT2D eigenvalue weighted by molar-refractivity contribution is 5.94. The van der Waals surface area contributed by atoms with E-state index in [1.165, 1.54) is 0 Å². The molecule has 0 unspecified atom stereocenters. The molecule has 4 heterocycles. The van der Waals surface area contributed by atoms with Crippen LogP contribution in [0.15, 0.2) is 43.0 Å². The lowest BCUT2D eigenvalue weighted by molar-refractivity contribution is 0.0586. The quantitative estimate of drug-likeness (QED) is 0.817. The molecular weight excluding hydrogens is 342 g/mol. The second kappa shape index (κ2) is 7.06. The molecule has 3 aliphatic heterocycles.